The number of halogens is 1. The maximum atomic E-state index is 13.2. The Kier molecular flexibility index (Phi) is 4.61. The summed E-state index contributed by atoms with van der Waals surface area (Å²) in [7, 11) is 0. The largest absolute Gasteiger partial charge is 0.376 e. The molecule has 1 aliphatic heterocycles. The van der Waals surface area contributed by atoms with Crippen LogP contribution in [0.1, 0.15) is 35.9 Å². The number of carbonyl (C=O) groups excluding carboxylic acids is 1. The number of hydrogen-bond donors (Lipinski definition) is 1. The lowest BCUT2D eigenvalue weighted by Gasteiger charge is -2.19. The quantitative estimate of drug-likeness (QED) is 0.768. The maximum absolute atomic E-state index is 13.2. The molecule has 0 aliphatic carbocycles. The Morgan fingerprint density at radius 2 is 2.15 bits per heavy atom. The lowest BCUT2D eigenvalue weighted by Crippen LogP contribution is -2.41. The number of imidazole rings is 1. The fraction of sp³-hybridized carbons (Fsp3) is 0.350. The zero-order valence-electron chi connectivity index (χ0n) is 15.3. The molecule has 7 heteroatoms. The summed E-state index contributed by atoms with van der Waals surface area (Å²) in [5.41, 5.74) is 3.08. The Bertz CT molecular complexity index is 978. The average molecular weight is 368 g/mol. The van der Waals surface area contributed by atoms with E-state index in [1.54, 1.807) is 22.9 Å². The van der Waals surface area contributed by atoms with E-state index in [0.717, 1.165) is 30.7 Å². The molecular weight excluding hydrogens is 347 g/mol. The molecule has 0 bridgehead atoms. The highest BCUT2D eigenvalue weighted by atomic mass is 19.1. The zero-order chi connectivity index (χ0) is 19.0. The van der Waals surface area contributed by atoms with Crippen LogP contribution in [-0.4, -0.2) is 39.0 Å². The molecule has 3 aromatic rings. The van der Waals surface area contributed by atoms with Crippen molar-refractivity contribution in [2.75, 3.05) is 6.61 Å². The molecule has 1 aliphatic rings. The van der Waals surface area contributed by atoms with Gasteiger partial charge in [0.1, 0.15) is 12.1 Å². The molecule has 1 N–H and O–H groups in total. The first-order chi connectivity index (χ1) is 13.0. The molecule has 6 nitrogen and oxygen atoms in total. The number of amides is 1. The number of aromatic nitrogens is 3. The van der Waals surface area contributed by atoms with Gasteiger partial charge in [0.25, 0.3) is 5.91 Å². The third-order valence-electron chi connectivity index (χ3n) is 4.93. The van der Waals surface area contributed by atoms with Gasteiger partial charge in [-0.25, -0.2) is 14.4 Å². The molecule has 1 amide bonds. The summed E-state index contributed by atoms with van der Waals surface area (Å²) >= 11 is 0. The number of fused-ring (bicyclic) bond motifs is 1. The lowest BCUT2D eigenvalue weighted by atomic mass is 10.1. The fourth-order valence-electron chi connectivity index (χ4n) is 3.41. The van der Waals surface area contributed by atoms with E-state index >= 15 is 0 Å². The summed E-state index contributed by atoms with van der Waals surface area (Å²) in [6, 6.07) is 7.91. The third-order valence-corrected chi connectivity index (χ3v) is 4.93. The Balaban J connectivity index is 1.66. The molecular formula is C20H21FN4O2. The van der Waals surface area contributed by atoms with E-state index in [9.17, 15) is 9.18 Å². The summed E-state index contributed by atoms with van der Waals surface area (Å²) in [5.74, 6) is -0.576. The van der Waals surface area contributed by atoms with Crippen LogP contribution in [0.2, 0.25) is 0 Å². The van der Waals surface area contributed by atoms with Gasteiger partial charge in [0.2, 0.25) is 0 Å². The number of nitrogens with one attached hydrogen (secondary N) is 1. The SMILES string of the molecule is Cc1cc(-c2ccc(F)cc2)nc2c(C(=O)NC(C)C3CCCO3)ncn12. The van der Waals surface area contributed by atoms with Crippen LogP contribution in [-0.2, 0) is 4.74 Å². The van der Waals surface area contributed by atoms with E-state index < -0.39 is 0 Å². The Morgan fingerprint density at radius 1 is 1.37 bits per heavy atom. The standard InChI is InChI=1S/C20H21FN4O2/c1-12-10-16(14-5-7-15(21)8-6-14)24-19-18(22-11-25(12)19)20(26)23-13(2)17-4-3-9-27-17/h5-8,10-11,13,17H,3-4,9H2,1-2H3,(H,23,26). The number of carbonyl (C=O) groups is 1. The molecule has 1 fully saturated rings. The number of aryl methyl sites for hydroxylation is 1. The van der Waals surface area contributed by atoms with Crippen molar-refractivity contribution in [2.24, 2.45) is 0 Å². The van der Waals surface area contributed by atoms with E-state index in [1.807, 2.05) is 19.9 Å². The van der Waals surface area contributed by atoms with Crippen molar-refractivity contribution in [1.82, 2.24) is 19.7 Å². The minimum Gasteiger partial charge on any atom is -0.376 e. The van der Waals surface area contributed by atoms with Gasteiger partial charge in [-0.15, -0.1) is 0 Å². The highest BCUT2D eigenvalue weighted by molar-refractivity contribution is 5.98. The predicted molar refractivity (Wildman–Crippen MR) is 99.0 cm³/mol. The second-order valence-corrected chi connectivity index (χ2v) is 6.89. The van der Waals surface area contributed by atoms with Crippen LogP contribution in [0, 0.1) is 12.7 Å². The molecule has 27 heavy (non-hydrogen) atoms. The van der Waals surface area contributed by atoms with Crippen LogP contribution in [0.5, 0.6) is 0 Å². The molecule has 140 valence electrons. The highest BCUT2D eigenvalue weighted by Gasteiger charge is 2.26. The van der Waals surface area contributed by atoms with Gasteiger partial charge in [-0.3, -0.25) is 9.20 Å². The van der Waals surface area contributed by atoms with Crippen molar-refractivity contribution in [3.63, 3.8) is 0 Å². The van der Waals surface area contributed by atoms with Crippen LogP contribution in [0.25, 0.3) is 16.9 Å². The van der Waals surface area contributed by atoms with Gasteiger partial charge in [-0.2, -0.15) is 0 Å². The first kappa shape index (κ1) is 17.6. The molecule has 2 atom stereocenters. The minimum atomic E-state index is -0.302. The van der Waals surface area contributed by atoms with Gasteiger partial charge in [0.05, 0.1) is 17.8 Å². The molecule has 0 saturated carbocycles. The molecule has 4 rings (SSSR count). The normalized spacial score (nSPS) is 18.0. The molecule has 1 saturated heterocycles. The summed E-state index contributed by atoms with van der Waals surface area (Å²) in [6.07, 6.45) is 3.59. The van der Waals surface area contributed by atoms with Gasteiger partial charge >= 0.3 is 0 Å². The van der Waals surface area contributed by atoms with Crippen LogP contribution in [0.15, 0.2) is 36.7 Å². The molecule has 3 heterocycles. The monoisotopic (exact) mass is 368 g/mol. The molecule has 0 spiro atoms. The van der Waals surface area contributed by atoms with Crippen molar-refractivity contribution in [3.05, 3.63) is 53.9 Å². The van der Waals surface area contributed by atoms with Crippen molar-refractivity contribution < 1.29 is 13.9 Å². The van der Waals surface area contributed by atoms with E-state index in [0.29, 0.717) is 11.3 Å². The minimum absolute atomic E-state index is 0.0345. The third kappa shape index (κ3) is 3.42. The summed E-state index contributed by atoms with van der Waals surface area (Å²) in [6.45, 7) is 4.59. The van der Waals surface area contributed by atoms with Crippen molar-refractivity contribution in [1.29, 1.82) is 0 Å². The average Bonchev–Trinajstić information content (AvgIpc) is 3.32. The maximum Gasteiger partial charge on any atom is 0.274 e. The van der Waals surface area contributed by atoms with E-state index in [2.05, 4.69) is 15.3 Å². The summed E-state index contributed by atoms with van der Waals surface area (Å²) < 4.78 is 20.6. The molecule has 2 unspecified atom stereocenters. The first-order valence-electron chi connectivity index (χ1n) is 9.06. The Labute approximate surface area is 156 Å². The van der Waals surface area contributed by atoms with Crippen LogP contribution in [0.4, 0.5) is 4.39 Å². The summed E-state index contributed by atoms with van der Waals surface area (Å²) in [4.78, 5) is 21.6. The second kappa shape index (κ2) is 7.08. The number of benzene rings is 1. The second-order valence-electron chi connectivity index (χ2n) is 6.89. The number of nitrogens with zero attached hydrogens (tertiary/aromatic N) is 3. The van der Waals surface area contributed by atoms with Gasteiger partial charge < -0.3 is 10.1 Å². The molecule has 2 aromatic heterocycles. The van der Waals surface area contributed by atoms with Gasteiger partial charge in [-0.05, 0) is 57.0 Å². The fourth-order valence-corrected chi connectivity index (χ4v) is 3.41. The zero-order valence-corrected chi connectivity index (χ0v) is 15.3. The van der Waals surface area contributed by atoms with Crippen molar-refractivity contribution in [3.8, 4) is 11.3 Å². The molecule has 1 aromatic carbocycles. The van der Waals surface area contributed by atoms with E-state index in [4.69, 9.17) is 4.74 Å². The van der Waals surface area contributed by atoms with Crippen LogP contribution >= 0.6 is 0 Å². The predicted octanol–water partition coefficient (Wildman–Crippen LogP) is 3.14. The van der Waals surface area contributed by atoms with E-state index in [1.165, 1.54) is 12.1 Å². The van der Waals surface area contributed by atoms with Crippen LogP contribution in [0.3, 0.4) is 0 Å². The number of ether oxygens (including phenoxy) is 1. The topological polar surface area (TPSA) is 68.5 Å². The van der Waals surface area contributed by atoms with Gasteiger partial charge in [-0.1, -0.05) is 0 Å². The van der Waals surface area contributed by atoms with Crippen molar-refractivity contribution >= 4 is 11.6 Å². The first-order valence-corrected chi connectivity index (χ1v) is 9.06. The Hall–Kier alpha value is -2.80. The lowest BCUT2D eigenvalue weighted by molar-refractivity contribution is 0.0710. The van der Waals surface area contributed by atoms with Gasteiger partial charge in [0, 0.05) is 17.9 Å². The van der Waals surface area contributed by atoms with E-state index in [-0.39, 0.29) is 29.6 Å². The highest BCUT2D eigenvalue weighted by Crippen LogP contribution is 2.22. The number of rotatable bonds is 4. The van der Waals surface area contributed by atoms with Crippen molar-refractivity contribution in [2.45, 2.75) is 38.8 Å². The van der Waals surface area contributed by atoms with Gasteiger partial charge in [0.15, 0.2) is 11.3 Å². The smallest absolute Gasteiger partial charge is 0.274 e. The Morgan fingerprint density at radius 3 is 2.85 bits per heavy atom. The molecule has 0 radical (unpaired) electrons. The summed E-state index contributed by atoms with van der Waals surface area (Å²) in [5, 5.41) is 2.97. The number of hydrogen-bond acceptors (Lipinski definition) is 4. The van der Waals surface area contributed by atoms with Crippen LogP contribution < -0.4 is 5.32 Å².